The molecule has 2 fully saturated rings. The lowest BCUT2D eigenvalue weighted by Gasteiger charge is -2.22. The van der Waals surface area contributed by atoms with E-state index in [0.717, 1.165) is 5.56 Å². The van der Waals surface area contributed by atoms with Crippen molar-refractivity contribution < 1.29 is 14.4 Å². The second kappa shape index (κ2) is 7.11. The first-order chi connectivity index (χ1) is 13.4. The SMILES string of the molecule is O=C(c1cccc(Cl)c1)N1CC[C@@]2(C1)NC(=O)N(Cc1ccc(Cl)cc1)C2=O. The monoisotopic (exact) mass is 417 g/mol. The maximum absolute atomic E-state index is 13.0. The fourth-order valence-electron chi connectivity index (χ4n) is 3.66. The highest BCUT2D eigenvalue weighted by atomic mass is 35.5. The Morgan fingerprint density at radius 1 is 1.07 bits per heavy atom. The Hall–Kier alpha value is -2.57. The summed E-state index contributed by atoms with van der Waals surface area (Å²) in [6.07, 6.45) is 0.376. The zero-order chi connectivity index (χ0) is 19.9. The lowest BCUT2D eigenvalue weighted by Crippen LogP contribution is -2.49. The van der Waals surface area contributed by atoms with Crippen molar-refractivity contribution in [2.24, 2.45) is 0 Å². The van der Waals surface area contributed by atoms with Gasteiger partial charge in [0.05, 0.1) is 13.1 Å². The molecule has 8 heteroatoms. The van der Waals surface area contributed by atoms with Gasteiger partial charge in [0.15, 0.2) is 0 Å². The third-order valence-electron chi connectivity index (χ3n) is 5.13. The van der Waals surface area contributed by atoms with E-state index in [0.29, 0.717) is 28.6 Å². The molecule has 2 aliphatic heterocycles. The van der Waals surface area contributed by atoms with Gasteiger partial charge in [0.1, 0.15) is 5.54 Å². The van der Waals surface area contributed by atoms with Crippen LogP contribution < -0.4 is 5.32 Å². The highest BCUT2D eigenvalue weighted by Gasteiger charge is 2.55. The van der Waals surface area contributed by atoms with Crippen LogP contribution in [0.3, 0.4) is 0 Å². The Labute approximate surface area is 172 Å². The minimum atomic E-state index is -1.07. The number of carbonyl (C=O) groups excluding carboxylic acids is 3. The molecule has 0 saturated carbocycles. The van der Waals surface area contributed by atoms with Crippen LogP contribution in [0.4, 0.5) is 4.79 Å². The van der Waals surface area contributed by atoms with Gasteiger partial charge in [0.25, 0.3) is 11.8 Å². The highest BCUT2D eigenvalue weighted by Crippen LogP contribution is 2.31. The molecule has 2 saturated heterocycles. The van der Waals surface area contributed by atoms with Crippen LogP contribution in [-0.2, 0) is 11.3 Å². The molecule has 1 spiro atoms. The van der Waals surface area contributed by atoms with Gasteiger partial charge in [0, 0.05) is 22.2 Å². The molecule has 0 aromatic heterocycles. The molecule has 0 bridgehead atoms. The minimum absolute atomic E-state index is 0.139. The van der Waals surface area contributed by atoms with Gasteiger partial charge in [-0.15, -0.1) is 0 Å². The van der Waals surface area contributed by atoms with Crippen molar-refractivity contribution in [1.82, 2.24) is 15.1 Å². The first-order valence-corrected chi connectivity index (χ1v) is 9.57. The summed E-state index contributed by atoms with van der Waals surface area (Å²) in [7, 11) is 0. The standard InChI is InChI=1S/C20H17Cl2N3O3/c21-15-6-4-13(5-7-15)11-25-18(27)20(23-19(25)28)8-9-24(12-20)17(26)14-2-1-3-16(22)10-14/h1-7,10H,8-9,11-12H2,(H,23,28)/t20-/m0/s1. The lowest BCUT2D eigenvalue weighted by atomic mass is 9.99. The maximum Gasteiger partial charge on any atom is 0.325 e. The summed E-state index contributed by atoms with van der Waals surface area (Å²) in [6, 6.07) is 13.2. The molecule has 144 valence electrons. The van der Waals surface area contributed by atoms with Crippen LogP contribution in [0, 0.1) is 0 Å². The highest BCUT2D eigenvalue weighted by molar-refractivity contribution is 6.31. The Morgan fingerprint density at radius 2 is 1.82 bits per heavy atom. The second-order valence-electron chi connectivity index (χ2n) is 7.02. The van der Waals surface area contributed by atoms with E-state index in [2.05, 4.69) is 5.32 Å². The van der Waals surface area contributed by atoms with E-state index >= 15 is 0 Å². The number of hydrogen-bond donors (Lipinski definition) is 1. The predicted octanol–water partition coefficient (Wildman–Crippen LogP) is 3.33. The number of hydrogen-bond acceptors (Lipinski definition) is 3. The second-order valence-corrected chi connectivity index (χ2v) is 7.89. The van der Waals surface area contributed by atoms with Crippen LogP contribution in [-0.4, -0.2) is 46.3 Å². The van der Waals surface area contributed by atoms with E-state index in [9.17, 15) is 14.4 Å². The Bertz CT molecular complexity index is 963. The molecule has 1 atom stereocenters. The summed E-state index contributed by atoms with van der Waals surface area (Å²) < 4.78 is 0. The summed E-state index contributed by atoms with van der Waals surface area (Å²) in [4.78, 5) is 41.0. The zero-order valence-electron chi connectivity index (χ0n) is 14.8. The number of urea groups is 1. The normalized spacial score (nSPS) is 21.5. The van der Waals surface area contributed by atoms with Crippen molar-refractivity contribution in [3.63, 3.8) is 0 Å². The number of rotatable bonds is 3. The number of nitrogens with one attached hydrogen (secondary N) is 1. The van der Waals surface area contributed by atoms with Crippen molar-refractivity contribution in [2.45, 2.75) is 18.5 Å². The number of nitrogens with zero attached hydrogens (tertiary/aromatic N) is 2. The third kappa shape index (κ3) is 3.34. The number of carbonyl (C=O) groups is 3. The largest absolute Gasteiger partial charge is 0.336 e. The molecule has 2 heterocycles. The molecule has 6 nitrogen and oxygen atoms in total. The van der Waals surface area contributed by atoms with Crippen molar-refractivity contribution in [3.05, 3.63) is 69.7 Å². The van der Waals surface area contributed by atoms with E-state index in [1.165, 1.54) is 4.90 Å². The molecule has 2 aliphatic rings. The first-order valence-electron chi connectivity index (χ1n) is 8.81. The summed E-state index contributed by atoms with van der Waals surface area (Å²) in [6.45, 7) is 0.679. The molecule has 0 unspecified atom stereocenters. The van der Waals surface area contributed by atoms with Crippen molar-refractivity contribution in [3.8, 4) is 0 Å². The summed E-state index contributed by atoms with van der Waals surface area (Å²) in [5.41, 5.74) is 0.187. The van der Waals surface area contributed by atoms with Crippen molar-refractivity contribution >= 4 is 41.0 Å². The van der Waals surface area contributed by atoms with Gasteiger partial charge >= 0.3 is 6.03 Å². The van der Waals surface area contributed by atoms with Gasteiger partial charge in [0.2, 0.25) is 0 Å². The average Bonchev–Trinajstić information content (AvgIpc) is 3.20. The smallest absolute Gasteiger partial charge is 0.325 e. The van der Waals surface area contributed by atoms with E-state index in [-0.39, 0.29) is 24.9 Å². The number of imide groups is 1. The fourth-order valence-corrected chi connectivity index (χ4v) is 3.97. The van der Waals surface area contributed by atoms with Crippen LogP contribution in [0.2, 0.25) is 10.0 Å². The summed E-state index contributed by atoms with van der Waals surface area (Å²) >= 11 is 11.9. The van der Waals surface area contributed by atoms with Crippen LogP contribution in [0.1, 0.15) is 22.3 Å². The van der Waals surface area contributed by atoms with E-state index in [4.69, 9.17) is 23.2 Å². The van der Waals surface area contributed by atoms with Gasteiger partial charge in [-0.1, -0.05) is 41.4 Å². The number of amides is 4. The summed E-state index contributed by atoms with van der Waals surface area (Å²) in [5, 5.41) is 3.86. The molecule has 2 aromatic carbocycles. The Balaban J connectivity index is 1.50. The number of likely N-dealkylation sites (tertiary alicyclic amines) is 1. The van der Waals surface area contributed by atoms with Crippen LogP contribution >= 0.6 is 23.2 Å². The van der Waals surface area contributed by atoms with Gasteiger partial charge in [-0.2, -0.15) is 0 Å². The van der Waals surface area contributed by atoms with Gasteiger partial charge < -0.3 is 10.2 Å². The maximum atomic E-state index is 13.0. The van der Waals surface area contributed by atoms with Crippen LogP contribution in [0.5, 0.6) is 0 Å². The predicted molar refractivity (Wildman–Crippen MR) is 105 cm³/mol. The first kappa shape index (κ1) is 18.8. The van der Waals surface area contributed by atoms with Gasteiger partial charge in [-0.3, -0.25) is 14.5 Å². The molecule has 28 heavy (non-hydrogen) atoms. The molecule has 4 rings (SSSR count). The molecular formula is C20H17Cl2N3O3. The van der Waals surface area contributed by atoms with E-state index in [1.807, 2.05) is 0 Å². The molecular weight excluding hydrogens is 401 g/mol. The third-order valence-corrected chi connectivity index (χ3v) is 5.61. The van der Waals surface area contributed by atoms with Crippen LogP contribution in [0.15, 0.2) is 48.5 Å². The number of benzene rings is 2. The Morgan fingerprint density at radius 3 is 2.54 bits per heavy atom. The summed E-state index contributed by atoms with van der Waals surface area (Å²) in [5.74, 6) is -0.522. The van der Waals surface area contributed by atoms with Crippen molar-refractivity contribution in [2.75, 3.05) is 13.1 Å². The Kier molecular flexibility index (Phi) is 4.77. The van der Waals surface area contributed by atoms with Crippen LogP contribution in [0.25, 0.3) is 0 Å². The zero-order valence-corrected chi connectivity index (χ0v) is 16.3. The van der Waals surface area contributed by atoms with E-state index < -0.39 is 11.6 Å². The van der Waals surface area contributed by atoms with Gasteiger partial charge in [-0.25, -0.2) is 4.79 Å². The van der Waals surface area contributed by atoms with E-state index in [1.54, 1.807) is 53.4 Å². The van der Waals surface area contributed by atoms with Gasteiger partial charge in [-0.05, 0) is 42.3 Å². The number of halogens is 2. The molecule has 0 aliphatic carbocycles. The molecule has 0 radical (unpaired) electrons. The molecule has 4 amide bonds. The molecule has 2 aromatic rings. The average molecular weight is 418 g/mol. The van der Waals surface area contributed by atoms with Crippen molar-refractivity contribution in [1.29, 1.82) is 0 Å². The quantitative estimate of drug-likeness (QED) is 0.778. The minimum Gasteiger partial charge on any atom is -0.336 e. The fraction of sp³-hybridized carbons (Fsp3) is 0.250. The lowest BCUT2D eigenvalue weighted by molar-refractivity contribution is -0.131. The molecule has 1 N–H and O–H groups in total. The topological polar surface area (TPSA) is 69.7 Å².